The minimum absolute atomic E-state index is 0.402. The van der Waals surface area contributed by atoms with Crippen molar-refractivity contribution in [1.29, 1.82) is 0 Å². The molecule has 4 heteroatoms. The van der Waals surface area contributed by atoms with Crippen LogP contribution in [0.2, 0.25) is 5.02 Å². The summed E-state index contributed by atoms with van der Waals surface area (Å²) in [6.07, 6.45) is 1.63. The lowest BCUT2D eigenvalue weighted by molar-refractivity contribution is 0.112. The number of aryl methyl sites for hydroxylation is 1. The van der Waals surface area contributed by atoms with E-state index in [2.05, 4.69) is 6.92 Å². The highest BCUT2D eigenvalue weighted by Gasteiger charge is 2.10. The van der Waals surface area contributed by atoms with Crippen LogP contribution in [0.1, 0.15) is 22.8 Å². The highest BCUT2D eigenvalue weighted by atomic mass is 35.5. The molecule has 0 bridgehead atoms. The van der Waals surface area contributed by atoms with Crippen LogP contribution in [0, 0.1) is 0 Å². The Bertz CT molecular complexity index is 623. The zero-order valence-electron chi connectivity index (χ0n) is 11.4. The van der Waals surface area contributed by atoms with E-state index in [9.17, 15) is 4.79 Å². The maximum atomic E-state index is 11.1. The minimum atomic E-state index is 0.402. The predicted molar refractivity (Wildman–Crippen MR) is 79.3 cm³/mol. The molecule has 0 saturated carbocycles. The first kappa shape index (κ1) is 14.4. The normalized spacial score (nSPS) is 10.2. The summed E-state index contributed by atoms with van der Waals surface area (Å²) in [5.41, 5.74) is 1.56. The van der Waals surface area contributed by atoms with Gasteiger partial charge < -0.3 is 9.47 Å². The summed E-state index contributed by atoms with van der Waals surface area (Å²) in [5.74, 6) is 1.65. The van der Waals surface area contributed by atoms with Gasteiger partial charge in [-0.15, -0.1) is 0 Å². The van der Waals surface area contributed by atoms with Crippen molar-refractivity contribution < 1.29 is 14.3 Å². The molecule has 0 radical (unpaired) electrons. The van der Waals surface area contributed by atoms with Crippen LogP contribution in [-0.4, -0.2) is 13.4 Å². The van der Waals surface area contributed by atoms with Crippen LogP contribution in [0.5, 0.6) is 17.2 Å². The van der Waals surface area contributed by atoms with Gasteiger partial charge in [-0.2, -0.15) is 0 Å². The largest absolute Gasteiger partial charge is 0.493 e. The summed E-state index contributed by atoms with van der Waals surface area (Å²) in [5, 5.41) is 0.493. The van der Waals surface area contributed by atoms with Gasteiger partial charge in [0.25, 0.3) is 0 Å². The molecular weight excluding hydrogens is 276 g/mol. The van der Waals surface area contributed by atoms with E-state index >= 15 is 0 Å². The second kappa shape index (κ2) is 6.44. The van der Waals surface area contributed by atoms with Gasteiger partial charge in [-0.3, -0.25) is 4.79 Å². The monoisotopic (exact) mass is 290 g/mol. The zero-order valence-corrected chi connectivity index (χ0v) is 12.1. The van der Waals surface area contributed by atoms with E-state index < -0.39 is 0 Å². The lowest BCUT2D eigenvalue weighted by atomic mass is 10.1. The van der Waals surface area contributed by atoms with Gasteiger partial charge in [0.2, 0.25) is 0 Å². The van der Waals surface area contributed by atoms with Crippen LogP contribution in [-0.2, 0) is 6.42 Å². The van der Waals surface area contributed by atoms with E-state index in [0.29, 0.717) is 34.1 Å². The molecule has 0 N–H and O–H groups in total. The van der Waals surface area contributed by atoms with E-state index in [1.807, 2.05) is 18.2 Å². The summed E-state index contributed by atoms with van der Waals surface area (Å²) >= 11 is 5.86. The van der Waals surface area contributed by atoms with E-state index in [-0.39, 0.29) is 0 Å². The maximum Gasteiger partial charge on any atom is 0.169 e. The quantitative estimate of drug-likeness (QED) is 0.760. The molecule has 0 heterocycles. The summed E-state index contributed by atoms with van der Waals surface area (Å²) in [6, 6.07) is 10.6. The summed E-state index contributed by atoms with van der Waals surface area (Å²) < 4.78 is 11.1. The summed E-state index contributed by atoms with van der Waals surface area (Å²) in [7, 11) is 1.59. The fraction of sp³-hybridized carbons (Fsp3) is 0.188. The number of benzene rings is 2. The van der Waals surface area contributed by atoms with E-state index in [1.165, 1.54) is 0 Å². The molecule has 0 aliphatic carbocycles. The fourth-order valence-electron chi connectivity index (χ4n) is 1.84. The Hall–Kier alpha value is -2.00. The molecule has 0 aliphatic heterocycles. The average molecular weight is 291 g/mol. The first-order chi connectivity index (χ1) is 9.67. The van der Waals surface area contributed by atoms with Gasteiger partial charge in [-0.05, 0) is 42.3 Å². The molecule has 0 unspecified atom stereocenters. The number of carbonyl (C=O) groups excluding carboxylic acids is 1. The third-order valence-corrected chi connectivity index (χ3v) is 3.19. The van der Waals surface area contributed by atoms with Crippen LogP contribution in [0.25, 0.3) is 0 Å². The Morgan fingerprint density at radius 1 is 1.10 bits per heavy atom. The van der Waals surface area contributed by atoms with Gasteiger partial charge in [-0.25, -0.2) is 0 Å². The molecule has 0 aromatic heterocycles. The number of hydrogen-bond acceptors (Lipinski definition) is 3. The van der Waals surface area contributed by atoms with Crippen molar-refractivity contribution in [3.63, 3.8) is 0 Å². The molecule has 0 saturated heterocycles. The van der Waals surface area contributed by atoms with Crippen molar-refractivity contribution in [2.45, 2.75) is 13.3 Å². The third-order valence-electron chi connectivity index (χ3n) is 2.96. The van der Waals surface area contributed by atoms with Crippen LogP contribution in [0.15, 0.2) is 36.4 Å². The number of halogens is 1. The fourth-order valence-corrected chi connectivity index (χ4v) is 2.02. The minimum Gasteiger partial charge on any atom is -0.493 e. The van der Waals surface area contributed by atoms with E-state index in [4.69, 9.17) is 21.1 Å². The SMILES string of the molecule is CCc1ccc(Oc2ccc(Cl)cc2C=O)c(OC)c1. The van der Waals surface area contributed by atoms with Gasteiger partial charge in [0, 0.05) is 5.02 Å². The Kier molecular flexibility index (Phi) is 4.64. The van der Waals surface area contributed by atoms with Crippen LogP contribution >= 0.6 is 11.6 Å². The summed E-state index contributed by atoms with van der Waals surface area (Å²) in [4.78, 5) is 11.1. The number of hydrogen-bond donors (Lipinski definition) is 0. The number of rotatable bonds is 5. The maximum absolute atomic E-state index is 11.1. The topological polar surface area (TPSA) is 35.5 Å². The van der Waals surface area contributed by atoms with Crippen LogP contribution in [0.4, 0.5) is 0 Å². The lowest BCUT2D eigenvalue weighted by Gasteiger charge is -2.12. The molecule has 2 aromatic rings. The standard InChI is InChI=1S/C16H15ClO3/c1-3-11-4-6-15(16(8-11)19-2)20-14-7-5-13(17)9-12(14)10-18/h4-10H,3H2,1-2H3. The molecule has 0 spiro atoms. The lowest BCUT2D eigenvalue weighted by Crippen LogP contribution is -1.94. The average Bonchev–Trinajstić information content (AvgIpc) is 2.49. The van der Waals surface area contributed by atoms with Crippen molar-refractivity contribution >= 4 is 17.9 Å². The smallest absolute Gasteiger partial charge is 0.169 e. The third kappa shape index (κ3) is 3.11. The molecular formula is C16H15ClO3. The molecule has 3 nitrogen and oxygen atoms in total. The second-order valence-electron chi connectivity index (χ2n) is 4.24. The summed E-state index contributed by atoms with van der Waals surface area (Å²) in [6.45, 7) is 2.07. The Balaban J connectivity index is 2.37. The molecule has 0 fully saturated rings. The van der Waals surface area contributed by atoms with Gasteiger partial charge in [0.1, 0.15) is 5.75 Å². The van der Waals surface area contributed by atoms with Gasteiger partial charge in [0.05, 0.1) is 12.7 Å². The van der Waals surface area contributed by atoms with Gasteiger partial charge in [0.15, 0.2) is 17.8 Å². The van der Waals surface area contributed by atoms with Crippen LogP contribution < -0.4 is 9.47 Å². The molecule has 20 heavy (non-hydrogen) atoms. The molecule has 2 aromatic carbocycles. The van der Waals surface area contributed by atoms with Gasteiger partial charge in [-0.1, -0.05) is 24.6 Å². The highest BCUT2D eigenvalue weighted by Crippen LogP contribution is 2.34. The molecule has 0 amide bonds. The number of ether oxygens (including phenoxy) is 2. The molecule has 104 valence electrons. The first-order valence-corrected chi connectivity index (χ1v) is 6.65. The van der Waals surface area contributed by atoms with Crippen molar-refractivity contribution in [2.24, 2.45) is 0 Å². The first-order valence-electron chi connectivity index (χ1n) is 6.27. The predicted octanol–water partition coefficient (Wildman–Crippen LogP) is 4.52. The zero-order chi connectivity index (χ0) is 14.5. The van der Waals surface area contributed by atoms with Crippen molar-refractivity contribution in [1.82, 2.24) is 0 Å². The number of aldehydes is 1. The number of carbonyl (C=O) groups is 1. The van der Waals surface area contributed by atoms with Crippen molar-refractivity contribution in [3.05, 3.63) is 52.5 Å². The van der Waals surface area contributed by atoms with Gasteiger partial charge >= 0.3 is 0 Å². The molecule has 2 rings (SSSR count). The van der Waals surface area contributed by atoms with Crippen molar-refractivity contribution in [3.8, 4) is 17.2 Å². The van der Waals surface area contributed by atoms with E-state index in [0.717, 1.165) is 12.0 Å². The number of methoxy groups -OCH3 is 1. The molecule has 0 aliphatic rings. The van der Waals surface area contributed by atoms with E-state index in [1.54, 1.807) is 25.3 Å². The Labute approximate surface area is 123 Å². The Morgan fingerprint density at radius 3 is 2.50 bits per heavy atom. The highest BCUT2D eigenvalue weighted by molar-refractivity contribution is 6.30. The Morgan fingerprint density at radius 2 is 1.85 bits per heavy atom. The van der Waals surface area contributed by atoms with Crippen LogP contribution in [0.3, 0.4) is 0 Å². The van der Waals surface area contributed by atoms with Crippen molar-refractivity contribution in [2.75, 3.05) is 7.11 Å². The second-order valence-corrected chi connectivity index (χ2v) is 4.68. The molecule has 0 atom stereocenters.